The lowest BCUT2D eigenvalue weighted by Gasteiger charge is -2.08. The maximum Gasteiger partial charge on any atom is 0.234 e. The van der Waals surface area contributed by atoms with Gasteiger partial charge in [-0.05, 0) is 49.2 Å². The zero-order valence-corrected chi connectivity index (χ0v) is 13.1. The molecule has 21 heavy (non-hydrogen) atoms. The Labute approximate surface area is 129 Å². The number of aryl methyl sites for hydroxylation is 1. The minimum absolute atomic E-state index is 0.00173. The lowest BCUT2D eigenvalue weighted by Crippen LogP contribution is -2.14. The average molecular weight is 300 g/mol. The van der Waals surface area contributed by atoms with E-state index in [9.17, 15) is 4.79 Å². The van der Waals surface area contributed by atoms with Crippen molar-refractivity contribution in [2.24, 2.45) is 5.73 Å². The fraction of sp³-hybridized carbons (Fsp3) is 0.235. The Hall–Kier alpha value is -1.78. The van der Waals surface area contributed by atoms with Crippen LogP contribution in [0.1, 0.15) is 24.1 Å². The first-order valence-corrected chi connectivity index (χ1v) is 7.88. The first kappa shape index (κ1) is 15.6. The first-order chi connectivity index (χ1) is 10.0. The molecule has 0 aliphatic carbocycles. The highest BCUT2D eigenvalue weighted by Crippen LogP contribution is 2.20. The molecule has 1 atom stereocenters. The van der Waals surface area contributed by atoms with E-state index in [0.717, 1.165) is 21.7 Å². The number of nitrogens with two attached hydrogens (primary N) is 1. The smallest absolute Gasteiger partial charge is 0.234 e. The van der Waals surface area contributed by atoms with Crippen LogP contribution in [0.5, 0.6) is 0 Å². The van der Waals surface area contributed by atoms with Crippen LogP contribution < -0.4 is 11.1 Å². The molecule has 0 saturated carbocycles. The third kappa shape index (κ3) is 4.92. The summed E-state index contributed by atoms with van der Waals surface area (Å²) in [4.78, 5) is 13.0. The van der Waals surface area contributed by atoms with Crippen LogP contribution in [-0.4, -0.2) is 11.7 Å². The van der Waals surface area contributed by atoms with Crippen molar-refractivity contribution in [3.05, 3.63) is 59.7 Å². The Morgan fingerprint density at radius 1 is 1.24 bits per heavy atom. The van der Waals surface area contributed by atoms with Crippen molar-refractivity contribution in [2.75, 3.05) is 11.1 Å². The standard InChI is InChI=1S/C17H20N2OS/c1-12-4-3-5-15(10-12)19-17(20)11-21-16-8-6-14(7-9-16)13(2)18/h3-10,13H,11,18H2,1-2H3,(H,19,20). The summed E-state index contributed by atoms with van der Waals surface area (Å²) in [5, 5.41) is 2.90. The summed E-state index contributed by atoms with van der Waals surface area (Å²) in [7, 11) is 0. The second kappa shape index (κ2) is 7.29. The molecule has 0 saturated heterocycles. The van der Waals surface area contributed by atoms with E-state index in [0.29, 0.717) is 5.75 Å². The summed E-state index contributed by atoms with van der Waals surface area (Å²) in [6.45, 7) is 3.96. The number of carbonyl (C=O) groups excluding carboxylic acids is 1. The lowest BCUT2D eigenvalue weighted by atomic mass is 10.1. The van der Waals surface area contributed by atoms with Crippen LogP contribution in [0.25, 0.3) is 0 Å². The molecule has 3 nitrogen and oxygen atoms in total. The van der Waals surface area contributed by atoms with E-state index in [-0.39, 0.29) is 11.9 Å². The Kier molecular flexibility index (Phi) is 5.42. The van der Waals surface area contributed by atoms with Gasteiger partial charge in [0.2, 0.25) is 5.91 Å². The van der Waals surface area contributed by atoms with Crippen molar-refractivity contribution in [3.63, 3.8) is 0 Å². The van der Waals surface area contributed by atoms with E-state index in [1.165, 1.54) is 11.8 Å². The van der Waals surface area contributed by atoms with Gasteiger partial charge < -0.3 is 11.1 Å². The third-order valence-electron chi connectivity index (χ3n) is 3.08. The van der Waals surface area contributed by atoms with Gasteiger partial charge in [0, 0.05) is 16.6 Å². The van der Waals surface area contributed by atoms with Gasteiger partial charge in [0.05, 0.1) is 5.75 Å². The Bertz CT molecular complexity index is 608. The van der Waals surface area contributed by atoms with E-state index < -0.39 is 0 Å². The summed E-state index contributed by atoms with van der Waals surface area (Å²) in [5.74, 6) is 0.396. The number of hydrogen-bond donors (Lipinski definition) is 2. The number of anilines is 1. The number of amides is 1. The molecule has 0 aromatic heterocycles. The molecule has 0 aliphatic rings. The molecule has 0 bridgehead atoms. The minimum Gasteiger partial charge on any atom is -0.325 e. The summed E-state index contributed by atoms with van der Waals surface area (Å²) in [5.41, 5.74) is 8.89. The van der Waals surface area contributed by atoms with Crippen molar-refractivity contribution < 1.29 is 4.79 Å². The predicted molar refractivity (Wildman–Crippen MR) is 89.6 cm³/mol. The van der Waals surface area contributed by atoms with Gasteiger partial charge in [-0.1, -0.05) is 24.3 Å². The second-order valence-corrected chi connectivity index (χ2v) is 6.11. The number of nitrogens with one attached hydrogen (secondary N) is 1. The maximum atomic E-state index is 11.9. The summed E-state index contributed by atoms with van der Waals surface area (Å²) in [6.07, 6.45) is 0. The molecular weight excluding hydrogens is 280 g/mol. The molecule has 0 heterocycles. The monoisotopic (exact) mass is 300 g/mol. The molecule has 2 aromatic carbocycles. The third-order valence-corrected chi connectivity index (χ3v) is 4.09. The molecule has 2 rings (SSSR count). The zero-order valence-electron chi connectivity index (χ0n) is 12.3. The molecule has 0 aliphatic heterocycles. The van der Waals surface area contributed by atoms with Crippen molar-refractivity contribution >= 4 is 23.4 Å². The predicted octanol–water partition coefficient (Wildman–Crippen LogP) is 3.75. The molecular formula is C17H20N2OS. The van der Waals surface area contributed by atoms with E-state index in [1.54, 1.807) is 0 Å². The van der Waals surface area contributed by atoms with Gasteiger partial charge in [-0.15, -0.1) is 11.8 Å². The van der Waals surface area contributed by atoms with Gasteiger partial charge in [-0.25, -0.2) is 0 Å². The molecule has 1 unspecified atom stereocenters. The van der Waals surface area contributed by atoms with Gasteiger partial charge in [0.25, 0.3) is 0 Å². The van der Waals surface area contributed by atoms with E-state index >= 15 is 0 Å². The van der Waals surface area contributed by atoms with Gasteiger partial charge in [-0.2, -0.15) is 0 Å². The number of benzene rings is 2. The molecule has 0 spiro atoms. The highest BCUT2D eigenvalue weighted by Gasteiger charge is 2.05. The maximum absolute atomic E-state index is 11.9. The zero-order chi connectivity index (χ0) is 15.2. The van der Waals surface area contributed by atoms with Crippen LogP contribution in [0, 0.1) is 6.92 Å². The fourth-order valence-corrected chi connectivity index (χ4v) is 2.63. The second-order valence-electron chi connectivity index (χ2n) is 5.06. The highest BCUT2D eigenvalue weighted by molar-refractivity contribution is 8.00. The van der Waals surface area contributed by atoms with Gasteiger partial charge in [-0.3, -0.25) is 4.79 Å². The van der Waals surface area contributed by atoms with E-state index in [4.69, 9.17) is 5.73 Å². The largest absolute Gasteiger partial charge is 0.325 e. The Balaban J connectivity index is 1.86. The lowest BCUT2D eigenvalue weighted by molar-refractivity contribution is -0.113. The highest BCUT2D eigenvalue weighted by atomic mass is 32.2. The Morgan fingerprint density at radius 2 is 1.95 bits per heavy atom. The minimum atomic E-state index is 0.00173. The number of thioether (sulfide) groups is 1. The summed E-state index contributed by atoms with van der Waals surface area (Å²) >= 11 is 1.52. The van der Waals surface area contributed by atoms with Crippen molar-refractivity contribution in [3.8, 4) is 0 Å². The van der Waals surface area contributed by atoms with Crippen LogP contribution in [-0.2, 0) is 4.79 Å². The normalized spacial score (nSPS) is 12.0. The number of rotatable bonds is 5. The quantitative estimate of drug-likeness (QED) is 0.827. The van der Waals surface area contributed by atoms with Gasteiger partial charge in [0.15, 0.2) is 0 Å². The number of hydrogen-bond acceptors (Lipinski definition) is 3. The fourth-order valence-electron chi connectivity index (χ4n) is 1.94. The van der Waals surface area contributed by atoms with Crippen LogP contribution >= 0.6 is 11.8 Å². The van der Waals surface area contributed by atoms with Gasteiger partial charge in [0.1, 0.15) is 0 Å². The first-order valence-electron chi connectivity index (χ1n) is 6.89. The van der Waals surface area contributed by atoms with Gasteiger partial charge >= 0.3 is 0 Å². The molecule has 2 aromatic rings. The molecule has 0 radical (unpaired) electrons. The molecule has 0 fully saturated rings. The van der Waals surface area contributed by atoms with Crippen LogP contribution in [0.15, 0.2) is 53.4 Å². The molecule has 110 valence electrons. The van der Waals surface area contributed by atoms with Crippen molar-refractivity contribution in [2.45, 2.75) is 24.8 Å². The molecule has 1 amide bonds. The SMILES string of the molecule is Cc1cccc(NC(=O)CSc2ccc(C(C)N)cc2)c1. The van der Waals surface area contributed by atoms with E-state index in [1.807, 2.05) is 62.4 Å². The Morgan fingerprint density at radius 3 is 2.57 bits per heavy atom. The average Bonchev–Trinajstić information content (AvgIpc) is 2.45. The summed E-state index contributed by atoms with van der Waals surface area (Å²) in [6, 6.07) is 15.8. The van der Waals surface area contributed by atoms with Crippen molar-refractivity contribution in [1.82, 2.24) is 0 Å². The van der Waals surface area contributed by atoms with E-state index in [2.05, 4.69) is 5.32 Å². The van der Waals surface area contributed by atoms with Crippen LogP contribution in [0.4, 0.5) is 5.69 Å². The molecule has 3 N–H and O–H groups in total. The van der Waals surface area contributed by atoms with Crippen molar-refractivity contribution in [1.29, 1.82) is 0 Å². The number of carbonyl (C=O) groups is 1. The molecule has 4 heteroatoms. The summed E-state index contributed by atoms with van der Waals surface area (Å²) < 4.78 is 0. The van der Waals surface area contributed by atoms with Crippen LogP contribution in [0.2, 0.25) is 0 Å². The van der Waals surface area contributed by atoms with Crippen LogP contribution in [0.3, 0.4) is 0 Å². The topological polar surface area (TPSA) is 55.1 Å².